The van der Waals surface area contributed by atoms with E-state index in [9.17, 15) is 8.42 Å². The van der Waals surface area contributed by atoms with Crippen LogP contribution >= 0.6 is 34.7 Å². The number of thiazole rings is 1. The zero-order chi connectivity index (χ0) is 15.0. The Bertz CT molecular complexity index is 773. The number of thioether (sulfide) groups is 1. The van der Waals surface area contributed by atoms with Crippen molar-refractivity contribution in [2.45, 2.75) is 28.5 Å². The van der Waals surface area contributed by atoms with Gasteiger partial charge in [0.1, 0.15) is 0 Å². The molecular weight excluding hydrogens is 348 g/mol. The van der Waals surface area contributed by atoms with Crippen LogP contribution in [0.3, 0.4) is 0 Å². The highest BCUT2D eigenvalue weighted by molar-refractivity contribution is 7.99. The first-order valence-corrected chi connectivity index (χ1v) is 10.0. The molecule has 0 saturated heterocycles. The fourth-order valence-corrected chi connectivity index (χ4v) is 6.44. The molecule has 1 aromatic carbocycles. The second-order valence-electron chi connectivity index (χ2n) is 4.69. The summed E-state index contributed by atoms with van der Waals surface area (Å²) < 4.78 is 28.3. The zero-order valence-electron chi connectivity index (χ0n) is 11.2. The minimum absolute atomic E-state index is 0.197. The molecule has 0 saturated carbocycles. The number of nitrogens with one attached hydrogen (secondary N) is 1. The Balaban J connectivity index is 1.92. The molecular formula is C13H13ClN2O2S3. The first-order chi connectivity index (χ1) is 9.97. The van der Waals surface area contributed by atoms with E-state index in [4.69, 9.17) is 11.6 Å². The maximum absolute atomic E-state index is 12.5. The van der Waals surface area contributed by atoms with Gasteiger partial charge < -0.3 is 0 Å². The molecule has 4 nitrogen and oxygen atoms in total. The Hall–Kier alpha value is -0.600. The van der Waals surface area contributed by atoms with Gasteiger partial charge in [0.05, 0.1) is 5.69 Å². The molecule has 1 N–H and O–H groups in total. The fraction of sp³-hybridized carbons (Fsp3) is 0.308. The summed E-state index contributed by atoms with van der Waals surface area (Å²) in [5, 5.41) is 0. The van der Waals surface area contributed by atoms with E-state index in [1.165, 1.54) is 0 Å². The summed E-state index contributed by atoms with van der Waals surface area (Å²) in [5.74, 6) is 0.895. The molecule has 0 spiro atoms. The third kappa shape index (κ3) is 3.12. The van der Waals surface area contributed by atoms with Crippen LogP contribution in [0.4, 0.5) is 0 Å². The fourth-order valence-electron chi connectivity index (χ4n) is 2.31. The van der Waals surface area contributed by atoms with Crippen LogP contribution in [0, 0.1) is 6.92 Å². The Kier molecular flexibility index (Phi) is 4.29. The summed E-state index contributed by atoms with van der Waals surface area (Å²) in [6, 6.07) is 7.69. The Morgan fingerprint density at radius 1 is 1.38 bits per heavy atom. The van der Waals surface area contributed by atoms with Crippen LogP contribution in [0.1, 0.15) is 23.7 Å². The van der Waals surface area contributed by atoms with Gasteiger partial charge in [-0.2, -0.15) is 0 Å². The van der Waals surface area contributed by atoms with Crippen LogP contribution in [0.5, 0.6) is 0 Å². The summed E-state index contributed by atoms with van der Waals surface area (Å²) in [4.78, 5) is 5.11. The first kappa shape index (κ1) is 15.3. The number of hydrogen-bond donors (Lipinski definition) is 1. The molecule has 1 aromatic heterocycles. The van der Waals surface area contributed by atoms with E-state index in [0.29, 0.717) is 5.69 Å². The number of aryl methyl sites for hydroxylation is 1. The van der Waals surface area contributed by atoms with E-state index < -0.39 is 10.0 Å². The minimum Gasteiger partial charge on any atom is -0.229 e. The van der Waals surface area contributed by atoms with E-state index in [2.05, 4.69) is 9.71 Å². The molecule has 1 atom stereocenters. The molecule has 3 rings (SSSR count). The van der Waals surface area contributed by atoms with Crippen molar-refractivity contribution in [2.24, 2.45) is 0 Å². The molecule has 1 aliphatic heterocycles. The SMILES string of the molecule is Cc1nc(Cl)sc1S(=O)(=O)NC1CCSc2ccccc21. The lowest BCUT2D eigenvalue weighted by Crippen LogP contribution is -2.30. The lowest BCUT2D eigenvalue weighted by molar-refractivity contribution is 0.547. The van der Waals surface area contributed by atoms with Crippen LogP contribution in [0.2, 0.25) is 4.47 Å². The number of hydrogen-bond acceptors (Lipinski definition) is 5. The van der Waals surface area contributed by atoms with Gasteiger partial charge in [0.15, 0.2) is 8.68 Å². The van der Waals surface area contributed by atoms with E-state index >= 15 is 0 Å². The zero-order valence-corrected chi connectivity index (χ0v) is 14.4. The van der Waals surface area contributed by atoms with E-state index in [1.807, 2.05) is 24.3 Å². The highest BCUT2D eigenvalue weighted by Crippen LogP contribution is 2.37. The van der Waals surface area contributed by atoms with Crippen molar-refractivity contribution in [1.82, 2.24) is 9.71 Å². The van der Waals surface area contributed by atoms with Gasteiger partial charge >= 0.3 is 0 Å². The molecule has 21 heavy (non-hydrogen) atoms. The van der Waals surface area contributed by atoms with E-state index in [1.54, 1.807) is 18.7 Å². The van der Waals surface area contributed by atoms with Gasteiger partial charge in [0.25, 0.3) is 10.0 Å². The molecule has 0 bridgehead atoms. The summed E-state index contributed by atoms with van der Waals surface area (Å²) in [5.41, 5.74) is 1.47. The molecule has 1 unspecified atom stereocenters. The number of rotatable bonds is 3. The number of sulfonamides is 1. The van der Waals surface area contributed by atoms with Crippen molar-refractivity contribution in [3.8, 4) is 0 Å². The van der Waals surface area contributed by atoms with Crippen LogP contribution < -0.4 is 4.72 Å². The smallest absolute Gasteiger partial charge is 0.229 e. The van der Waals surface area contributed by atoms with Crippen LogP contribution in [0.15, 0.2) is 33.4 Å². The number of aromatic nitrogens is 1. The lowest BCUT2D eigenvalue weighted by Gasteiger charge is -2.25. The van der Waals surface area contributed by atoms with Crippen molar-refractivity contribution in [3.63, 3.8) is 0 Å². The quantitative estimate of drug-likeness (QED) is 0.908. The van der Waals surface area contributed by atoms with Crippen LogP contribution in [0.25, 0.3) is 0 Å². The Morgan fingerprint density at radius 3 is 2.86 bits per heavy atom. The Labute approximate surface area is 137 Å². The van der Waals surface area contributed by atoms with Gasteiger partial charge in [-0.1, -0.05) is 41.1 Å². The van der Waals surface area contributed by atoms with Crippen molar-refractivity contribution in [3.05, 3.63) is 40.0 Å². The number of nitrogens with zero attached hydrogens (tertiary/aromatic N) is 1. The van der Waals surface area contributed by atoms with Gasteiger partial charge in [0, 0.05) is 10.9 Å². The summed E-state index contributed by atoms with van der Waals surface area (Å²) in [7, 11) is -3.60. The third-order valence-corrected chi connectivity index (χ3v) is 7.69. The monoisotopic (exact) mass is 360 g/mol. The van der Waals surface area contributed by atoms with E-state index in [0.717, 1.165) is 34.0 Å². The maximum Gasteiger partial charge on any atom is 0.252 e. The second-order valence-corrected chi connectivity index (χ2v) is 9.32. The summed E-state index contributed by atoms with van der Waals surface area (Å²) in [6.07, 6.45) is 0.770. The average Bonchev–Trinajstić information content (AvgIpc) is 2.79. The molecule has 0 aliphatic carbocycles. The standard InChI is InChI=1S/C13H13ClN2O2S3/c1-8-12(20-13(14)15-8)21(17,18)16-10-6-7-19-11-5-3-2-4-9(10)11/h2-5,10,16H,6-7H2,1H3. The molecule has 0 amide bonds. The predicted molar refractivity (Wildman–Crippen MR) is 86.7 cm³/mol. The van der Waals surface area contributed by atoms with Crippen molar-refractivity contribution in [1.29, 1.82) is 0 Å². The molecule has 1 aliphatic rings. The van der Waals surface area contributed by atoms with Gasteiger partial charge in [-0.15, -0.1) is 11.8 Å². The van der Waals surface area contributed by atoms with Gasteiger partial charge in [0.2, 0.25) is 0 Å². The largest absolute Gasteiger partial charge is 0.252 e. The topological polar surface area (TPSA) is 59.1 Å². The molecule has 8 heteroatoms. The average molecular weight is 361 g/mol. The molecule has 0 fully saturated rings. The molecule has 2 heterocycles. The second kappa shape index (κ2) is 5.89. The van der Waals surface area contributed by atoms with Crippen LogP contribution in [-0.4, -0.2) is 19.2 Å². The van der Waals surface area contributed by atoms with Crippen LogP contribution in [-0.2, 0) is 10.0 Å². The highest BCUT2D eigenvalue weighted by Gasteiger charge is 2.28. The third-order valence-electron chi connectivity index (χ3n) is 3.23. The molecule has 112 valence electrons. The normalized spacial score (nSPS) is 18.5. The summed E-state index contributed by atoms with van der Waals surface area (Å²) >= 11 is 8.55. The number of halogens is 1. The van der Waals surface area contributed by atoms with E-state index in [-0.39, 0.29) is 14.7 Å². The highest BCUT2D eigenvalue weighted by atomic mass is 35.5. The minimum atomic E-state index is -3.60. The van der Waals surface area contributed by atoms with Gasteiger partial charge in [-0.05, 0) is 30.7 Å². The van der Waals surface area contributed by atoms with Gasteiger partial charge in [-0.25, -0.2) is 18.1 Å². The number of fused-ring (bicyclic) bond motifs is 1. The van der Waals surface area contributed by atoms with Crippen molar-refractivity contribution < 1.29 is 8.42 Å². The van der Waals surface area contributed by atoms with Crippen molar-refractivity contribution >= 4 is 44.7 Å². The first-order valence-electron chi connectivity index (χ1n) is 6.34. The molecule has 0 radical (unpaired) electrons. The van der Waals surface area contributed by atoms with Crippen molar-refractivity contribution in [2.75, 3.05) is 5.75 Å². The Morgan fingerprint density at radius 2 is 2.14 bits per heavy atom. The van der Waals surface area contributed by atoms with Gasteiger partial charge in [-0.3, -0.25) is 0 Å². The summed E-state index contributed by atoms with van der Waals surface area (Å²) in [6.45, 7) is 1.65. The maximum atomic E-state index is 12.5. The number of benzene rings is 1. The molecule has 2 aromatic rings. The predicted octanol–water partition coefficient (Wildman–Crippen LogP) is 3.62. The lowest BCUT2D eigenvalue weighted by atomic mass is 10.1.